The summed E-state index contributed by atoms with van der Waals surface area (Å²) in [5.74, 6) is -0.661. The van der Waals surface area contributed by atoms with Crippen LogP contribution in [0.5, 0.6) is 0 Å². The Bertz CT molecular complexity index is 1070. The third-order valence-corrected chi connectivity index (χ3v) is 7.44. The van der Waals surface area contributed by atoms with Crippen molar-refractivity contribution >= 4 is 33.0 Å². The van der Waals surface area contributed by atoms with Crippen molar-refractivity contribution < 1.29 is 17.9 Å². The molecule has 0 radical (unpaired) electrons. The fourth-order valence-electron chi connectivity index (χ4n) is 2.96. The van der Waals surface area contributed by atoms with E-state index in [1.165, 1.54) is 11.4 Å². The number of aryl methyl sites for hydroxylation is 1. The van der Waals surface area contributed by atoms with Crippen LogP contribution >= 0.6 is 11.3 Å². The Morgan fingerprint density at radius 1 is 1.07 bits per heavy atom. The Morgan fingerprint density at radius 3 is 2.29 bits per heavy atom. The van der Waals surface area contributed by atoms with Crippen LogP contribution in [0.3, 0.4) is 0 Å². The van der Waals surface area contributed by atoms with Gasteiger partial charge in [-0.15, -0.1) is 11.3 Å². The lowest BCUT2D eigenvalue weighted by Gasteiger charge is -2.23. The third-order valence-electron chi connectivity index (χ3n) is 4.36. The number of hydrogen-bond donors (Lipinski definition) is 0. The SMILES string of the molecule is CCN(c1ccccc1)S(=O)(=O)c1c(-c2ccc(C)cc2)csc1C(=O)OC. The molecule has 0 bridgehead atoms. The second-order valence-electron chi connectivity index (χ2n) is 6.17. The average molecular weight is 416 g/mol. The predicted molar refractivity (Wildman–Crippen MR) is 112 cm³/mol. The number of benzene rings is 2. The second-order valence-corrected chi connectivity index (χ2v) is 8.85. The van der Waals surface area contributed by atoms with Crippen molar-refractivity contribution in [3.63, 3.8) is 0 Å². The molecule has 0 spiro atoms. The summed E-state index contributed by atoms with van der Waals surface area (Å²) >= 11 is 1.08. The summed E-state index contributed by atoms with van der Waals surface area (Å²) in [6.07, 6.45) is 0. The number of rotatable bonds is 6. The fourth-order valence-corrected chi connectivity index (χ4v) is 6.12. The summed E-state index contributed by atoms with van der Waals surface area (Å²) in [7, 11) is -2.74. The van der Waals surface area contributed by atoms with Crippen LogP contribution in [0.1, 0.15) is 22.2 Å². The zero-order valence-electron chi connectivity index (χ0n) is 15.9. The van der Waals surface area contributed by atoms with Gasteiger partial charge < -0.3 is 4.74 Å². The molecule has 0 saturated carbocycles. The second kappa shape index (κ2) is 8.16. The van der Waals surface area contributed by atoms with Gasteiger partial charge in [0.1, 0.15) is 9.77 Å². The van der Waals surface area contributed by atoms with Crippen LogP contribution in [0.4, 0.5) is 5.69 Å². The highest BCUT2D eigenvalue weighted by Gasteiger charge is 2.34. The van der Waals surface area contributed by atoms with Crippen molar-refractivity contribution in [1.82, 2.24) is 0 Å². The molecule has 0 atom stereocenters. The minimum atomic E-state index is -3.99. The molecule has 5 nitrogen and oxygen atoms in total. The van der Waals surface area contributed by atoms with E-state index in [4.69, 9.17) is 4.74 Å². The number of carbonyl (C=O) groups is 1. The van der Waals surface area contributed by atoms with Gasteiger partial charge in [0, 0.05) is 17.5 Å². The molecule has 1 aromatic heterocycles. The van der Waals surface area contributed by atoms with Gasteiger partial charge in [0.15, 0.2) is 0 Å². The molecule has 0 N–H and O–H groups in total. The zero-order valence-corrected chi connectivity index (χ0v) is 17.5. The van der Waals surface area contributed by atoms with Crippen molar-refractivity contribution in [2.45, 2.75) is 18.7 Å². The van der Waals surface area contributed by atoms with Crippen LogP contribution in [0.2, 0.25) is 0 Å². The van der Waals surface area contributed by atoms with E-state index in [0.717, 1.165) is 22.5 Å². The number of methoxy groups -OCH3 is 1. The number of nitrogens with zero attached hydrogens (tertiary/aromatic N) is 1. The monoisotopic (exact) mass is 415 g/mol. The van der Waals surface area contributed by atoms with Gasteiger partial charge in [0.25, 0.3) is 10.0 Å². The maximum absolute atomic E-state index is 13.7. The van der Waals surface area contributed by atoms with E-state index >= 15 is 0 Å². The van der Waals surface area contributed by atoms with Crippen LogP contribution in [-0.4, -0.2) is 28.0 Å². The van der Waals surface area contributed by atoms with E-state index in [1.54, 1.807) is 36.6 Å². The highest BCUT2D eigenvalue weighted by molar-refractivity contribution is 7.93. The highest BCUT2D eigenvalue weighted by Crippen LogP contribution is 2.38. The van der Waals surface area contributed by atoms with Gasteiger partial charge >= 0.3 is 5.97 Å². The number of ether oxygens (including phenoxy) is 1. The van der Waals surface area contributed by atoms with Crippen LogP contribution < -0.4 is 4.31 Å². The van der Waals surface area contributed by atoms with E-state index in [1.807, 2.05) is 37.3 Å². The number of para-hydroxylation sites is 1. The Balaban J connectivity index is 2.24. The molecule has 2 aromatic carbocycles. The van der Waals surface area contributed by atoms with Crippen molar-refractivity contribution in [1.29, 1.82) is 0 Å². The molecule has 0 aliphatic rings. The smallest absolute Gasteiger partial charge is 0.349 e. The van der Waals surface area contributed by atoms with Gasteiger partial charge in [-0.2, -0.15) is 0 Å². The maximum atomic E-state index is 13.7. The number of thiophene rings is 1. The molecule has 28 heavy (non-hydrogen) atoms. The molecule has 3 aromatic rings. The zero-order chi connectivity index (χ0) is 20.3. The Hall–Kier alpha value is -2.64. The van der Waals surface area contributed by atoms with Crippen LogP contribution in [0, 0.1) is 6.92 Å². The van der Waals surface area contributed by atoms with E-state index < -0.39 is 16.0 Å². The van der Waals surface area contributed by atoms with Gasteiger partial charge in [-0.25, -0.2) is 13.2 Å². The number of sulfonamides is 1. The highest BCUT2D eigenvalue weighted by atomic mass is 32.2. The molecule has 0 fully saturated rings. The molecule has 0 saturated heterocycles. The first-order chi connectivity index (χ1) is 13.4. The molecule has 1 heterocycles. The van der Waals surface area contributed by atoms with Crippen molar-refractivity contribution in [3.8, 4) is 11.1 Å². The van der Waals surface area contributed by atoms with E-state index in [2.05, 4.69) is 0 Å². The summed E-state index contributed by atoms with van der Waals surface area (Å²) in [4.78, 5) is 12.4. The summed E-state index contributed by atoms with van der Waals surface area (Å²) in [6, 6.07) is 16.4. The van der Waals surface area contributed by atoms with Crippen LogP contribution in [0.25, 0.3) is 11.1 Å². The number of esters is 1. The average Bonchev–Trinajstić information content (AvgIpc) is 3.15. The summed E-state index contributed by atoms with van der Waals surface area (Å²) < 4.78 is 33.5. The minimum absolute atomic E-state index is 0.0149. The minimum Gasteiger partial charge on any atom is -0.465 e. The number of hydrogen-bond acceptors (Lipinski definition) is 5. The first-order valence-electron chi connectivity index (χ1n) is 8.74. The molecule has 0 aliphatic heterocycles. The molecule has 0 amide bonds. The van der Waals surface area contributed by atoms with E-state index in [0.29, 0.717) is 11.3 Å². The van der Waals surface area contributed by atoms with Crippen molar-refractivity contribution in [2.24, 2.45) is 0 Å². The van der Waals surface area contributed by atoms with Crippen LogP contribution in [0.15, 0.2) is 64.9 Å². The standard InChI is InChI=1S/C21H21NO4S2/c1-4-22(17-8-6-5-7-9-17)28(24,25)20-18(14-27-19(20)21(23)26-3)16-12-10-15(2)11-13-16/h5-14H,4H2,1-3H3. The fraction of sp³-hybridized carbons (Fsp3) is 0.190. The maximum Gasteiger partial charge on any atom is 0.349 e. The first-order valence-corrected chi connectivity index (χ1v) is 11.1. The topological polar surface area (TPSA) is 63.7 Å². The van der Waals surface area contributed by atoms with Gasteiger partial charge in [-0.1, -0.05) is 48.0 Å². The molecule has 7 heteroatoms. The largest absolute Gasteiger partial charge is 0.465 e. The normalized spacial score (nSPS) is 11.2. The van der Waals surface area contributed by atoms with Crippen LogP contribution in [-0.2, 0) is 14.8 Å². The predicted octanol–water partition coefficient (Wildman–Crippen LogP) is 4.73. The lowest BCUT2D eigenvalue weighted by atomic mass is 10.1. The Kier molecular flexibility index (Phi) is 5.86. The summed E-state index contributed by atoms with van der Waals surface area (Å²) in [5.41, 5.74) is 2.84. The van der Waals surface area contributed by atoms with Gasteiger partial charge in [0.2, 0.25) is 0 Å². The molecular weight excluding hydrogens is 394 g/mol. The third kappa shape index (κ3) is 3.68. The number of carbonyl (C=O) groups excluding carboxylic acids is 1. The Morgan fingerprint density at radius 2 is 1.71 bits per heavy atom. The molecule has 0 unspecified atom stereocenters. The lowest BCUT2D eigenvalue weighted by molar-refractivity contribution is 0.0602. The van der Waals surface area contributed by atoms with E-state index in [9.17, 15) is 13.2 Å². The number of anilines is 1. The molecule has 146 valence electrons. The van der Waals surface area contributed by atoms with Gasteiger partial charge in [-0.05, 0) is 31.5 Å². The van der Waals surface area contributed by atoms with Gasteiger partial charge in [0.05, 0.1) is 12.8 Å². The van der Waals surface area contributed by atoms with Gasteiger partial charge in [-0.3, -0.25) is 4.31 Å². The molecular formula is C21H21NO4S2. The summed E-state index contributed by atoms with van der Waals surface area (Å²) in [6.45, 7) is 3.96. The molecule has 0 aliphatic carbocycles. The lowest BCUT2D eigenvalue weighted by Crippen LogP contribution is -2.31. The summed E-state index contributed by atoms with van der Waals surface area (Å²) in [5, 5.41) is 1.70. The van der Waals surface area contributed by atoms with Crippen molar-refractivity contribution in [3.05, 3.63) is 70.4 Å². The van der Waals surface area contributed by atoms with E-state index in [-0.39, 0.29) is 16.3 Å². The molecule has 3 rings (SSSR count). The van der Waals surface area contributed by atoms with Crippen molar-refractivity contribution in [2.75, 3.05) is 18.0 Å². The first kappa shape index (κ1) is 20.1. The Labute approximate surface area is 169 Å². The quantitative estimate of drug-likeness (QED) is 0.546.